The second kappa shape index (κ2) is 4.01. The van der Waals surface area contributed by atoms with Crippen LogP contribution in [0.2, 0.25) is 0 Å². The smallest absolute Gasteiger partial charge is 0.0285 e. The van der Waals surface area contributed by atoms with Crippen molar-refractivity contribution >= 4 is 0 Å². The van der Waals surface area contributed by atoms with Crippen LogP contribution in [0.5, 0.6) is 0 Å². The summed E-state index contributed by atoms with van der Waals surface area (Å²) in [6.45, 7) is 1.91. The van der Waals surface area contributed by atoms with Gasteiger partial charge in [-0.15, -0.1) is 0 Å². The molecule has 0 heterocycles. The number of hydrogen-bond donors (Lipinski definition) is 1. The summed E-state index contributed by atoms with van der Waals surface area (Å²) in [7, 11) is 3.92. The maximum atomic E-state index is 5.47. The minimum Gasteiger partial charge on any atom is -0.399 e. The summed E-state index contributed by atoms with van der Waals surface area (Å²) in [6, 6.07) is 0. The fraction of sp³-hybridized carbons (Fsp3) is 0.429. The predicted molar refractivity (Wildman–Crippen MR) is 40.8 cm³/mol. The molecule has 9 heavy (non-hydrogen) atoms. The first-order chi connectivity index (χ1) is 4.16. The van der Waals surface area contributed by atoms with Gasteiger partial charge in [0.2, 0.25) is 0 Å². The van der Waals surface area contributed by atoms with Gasteiger partial charge < -0.3 is 10.6 Å². The molecule has 0 atom stereocenters. The molecule has 2 N–H and O–H groups in total. The van der Waals surface area contributed by atoms with Gasteiger partial charge >= 0.3 is 0 Å². The van der Waals surface area contributed by atoms with Crippen molar-refractivity contribution in [3.05, 3.63) is 24.0 Å². The van der Waals surface area contributed by atoms with Crippen molar-refractivity contribution in [1.29, 1.82) is 0 Å². The molecule has 0 aromatic heterocycles. The van der Waals surface area contributed by atoms with Gasteiger partial charge in [0.25, 0.3) is 0 Å². The Morgan fingerprint density at radius 3 is 2.33 bits per heavy atom. The summed E-state index contributed by atoms with van der Waals surface area (Å²) >= 11 is 0. The molecule has 52 valence electrons. The van der Waals surface area contributed by atoms with E-state index in [4.69, 9.17) is 5.73 Å². The second-order valence-corrected chi connectivity index (χ2v) is 2.07. The maximum absolute atomic E-state index is 5.47. The highest BCUT2D eigenvalue weighted by Crippen LogP contribution is 1.86. The quantitative estimate of drug-likeness (QED) is 0.557. The third kappa shape index (κ3) is 4.94. The lowest BCUT2D eigenvalue weighted by atomic mass is 10.4. The Kier molecular flexibility index (Phi) is 3.60. The molecular formula is C7H14N2. The molecule has 0 fully saturated rings. The first-order valence-electron chi connectivity index (χ1n) is 2.93. The summed E-state index contributed by atoms with van der Waals surface area (Å²) < 4.78 is 0. The molecular weight excluding hydrogens is 112 g/mol. The number of rotatable bonds is 2. The van der Waals surface area contributed by atoms with Crippen molar-refractivity contribution in [3.8, 4) is 0 Å². The van der Waals surface area contributed by atoms with E-state index < -0.39 is 0 Å². The molecule has 0 aliphatic carbocycles. The van der Waals surface area contributed by atoms with Gasteiger partial charge in [-0.05, 0) is 13.0 Å². The van der Waals surface area contributed by atoms with E-state index in [9.17, 15) is 0 Å². The number of nitrogens with zero attached hydrogens (tertiary/aromatic N) is 1. The molecule has 0 saturated heterocycles. The largest absolute Gasteiger partial charge is 0.399 e. The van der Waals surface area contributed by atoms with E-state index in [2.05, 4.69) is 0 Å². The Morgan fingerprint density at radius 1 is 1.44 bits per heavy atom. The van der Waals surface area contributed by atoms with Crippen LogP contribution < -0.4 is 5.73 Å². The molecule has 2 heteroatoms. The van der Waals surface area contributed by atoms with E-state index in [-0.39, 0.29) is 0 Å². The third-order valence-electron chi connectivity index (χ3n) is 0.898. The van der Waals surface area contributed by atoms with Gasteiger partial charge in [0, 0.05) is 26.0 Å². The van der Waals surface area contributed by atoms with Gasteiger partial charge in [0.05, 0.1) is 0 Å². The zero-order valence-corrected chi connectivity index (χ0v) is 6.26. The van der Waals surface area contributed by atoms with Gasteiger partial charge in [-0.1, -0.05) is 6.08 Å². The van der Waals surface area contributed by atoms with Crippen LogP contribution in [-0.4, -0.2) is 19.0 Å². The van der Waals surface area contributed by atoms with Crippen molar-refractivity contribution in [2.45, 2.75) is 6.92 Å². The van der Waals surface area contributed by atoms with Crippen LogP contribution in [0.25, 0.3) is 0 Å². The molecule has 0 saturated carbocycles. The summed E-state index contributed by atoms with van der Waals surface area (Å²) in [4.78, 5) is 1.94. The summed E-state index contributed by atoms with van der Waals surface area (Å²) in [5.41, 5.74) is 6.26. The molecule has 0 bridgehead atoms. The van der Waals surface area contributed by atoms with Crippen molar-refractivity contribution in [2.24, 2.45) is 5.73 Å². The highest BCUT2D eigenvalue weighted by molar-refractivity contribution is 5.12. The van der Waals surface area contributed by atoms with E-state index in [1.807, 2.05) is 44.3 Å². The topological polar surface area (TPSA) is 29.3 Å². The monoisotopic (exact) mass is 126 g/mol. The fourth-order valence-electron chi connectivity index (χ4n) is 0.331. The molecule has 0 amide bonds. The predicted octanol–water partition coefficient (Wildman–Crippen LogP) is 0.924. The van der Waals surface area contributed by atoms with Crippen LogP contribution in [0.15, 0.2) is 24.0 Å². The van der Waals surface area contributed by atoms with Crippen LogP contribution >= 0.6 is 0 Å². The molecule has 0 aromatic rings. The maximum Gasteiger partial charge on any atom is 0.0285 e. The average Bonchev–Trinajstić information content (AvgIpc) is 1.83. The molecule has 0 unspecified atom stereocenters. The van der Waals surface area contributed by atoms with Crippen molar-refractivity contribution < 1.29 is 0 Å². The molecule has 0 radical (unpaired) electrons. The highest BCUT2D eigenvalue weighted by atomic mass is 15.0. The first kappa shape index (κ1) is 8.08. The van der Waals surface area contributed by atoms with Crippen LogP contribution in [0, 0.1) is 0 Å². The summed E-state index contributed by atoms with van der Waals surface area (Å²) in [6.07, 6.45) is 5.63. The van der Waals surface area contributed by atoms with E-state index in [0.29, 0.717) is 0 Å². The Balaban J connectivity index is 3.71. The van der Waals surface area contributed by atoms with Crippen LogP contribution in [0.1, 0.15) is 6.92 Å². The number of nitrogens with two attached hydrogens (primary N) is 1. The van der Waals surface area contributed by atoms with Crippen LogP contribution in [0.4, 0.5) is 0 Å². The van der Waals surface area contributed by atoms with Gasteiger partial charge in [-0.25, -0.2) is 0 Å². The molecule has 0 aromatic carbocycles. The lowest BCUT2D eigenvalue weighted by molar-refractivity contribution is 0.563. The standard InChI is InChI=1S/C7H14N2/c1-4-7(8)5-6-9(2)3/h4-6H,8H2,1-3H3/b6-5-,7-4?. The normalized spacial score (nSPS) is 12.6. The Labute approximate surface area is 56.6 Å². The lowest BCUT2D eigenvalue weighted by Crippen LogP contribution is -2.01. The minimum atomic E-state index is 0.795. The van der Waals surface area contributed by atoms with E-state index >= 15 is 0 Å². The van der Waals surface area contributed by atoms with Gasteiger partial charge in [0.1, 0.15) is 0 Å². The van der Waals surface area contributed by atoms with Gasteiger partial charge in [-0.3, -0.25) is 0 Å². The zero-order valence-electron chi connectivity index (χ0n) is 6.26. The fourth-order valence-corrected chi connectivity index (χ4v) is 0.331. The Bertz CT molecular complexity index is 123. The van der Waals surface area contributed by atoms with Gasteiger partial charge in [-0.2, -0.15) is 0 Å². The molecule has 0 aliphatic rings. The lowest BCUT2D eigenvalue weighted by Gasteiger charge is -2.02. The number of allylic oxidation sites excluding steroid dienone is 2. The minimum absolute atomic E-state index is 0.795. The summed E-state index contributed by atoms with van der Waals surface area (Å²) in [5.74, 6) is 0. The Morgan fingerprint density at radius 2 is 2.00 bits per heavy atom. The summed E-state index contributed by atoms with van der Waals surface area (Å²) in [5, 5.41) is 0. The van der Waals surface area contributed by atoms with Crippen molar-refractivity contribution in [2.75, 3.05) is 14.1 Å². The van der Waals surface area contributed by atoms with Crippen molar-refractivity contribution in [1.82, 2.24) is 4.90 Å². The highest BCUT2D eigenvalue weighted by Gasteiger charge is 1.77. The SMILES string of the molecule is CC=C(N)/C=C\N(C)C. The third-order valence-corrected chi connectivity index (χ3v) is 0.898. The molecule has 0 rings (SSSR count). The molecule has 2 nitrogen and oxygen atoms in total. The van der Waals surface area contributed by atoms with Crippen LogP contribution in [-0.2, 0) is 0 Å². The Hall–Kier alpha value is -0.920. The van der Waals surface area contributed by atoms with E-state index in [0.717, 1.165) is 5.70 Å². The second-order valence-electron chi connectivity index (χ2n) is 2.07. The average molecular weight is 126 g/mol. The molecule has 0 aliphatic heterocycles. The van der Waals surface area contributed by atoms with Crippen LogP contribution in [0.3, 0.4) is 0 Å². The number of hydrogen-bond acceptors (Lipinski definition) is 2. The molecule has 0 spiro atoms. The first-order valence-corrected chi connectivity index (χ1v) is 2.93. The van der Waals surface area contributed by atoms with E-state index in [1.54, 1.807) is 0 Å². The van der Waals surface area contributed by atoms with E-state index in [1.165, 1.54) is 0 Å². The van der Waals surface area contributed by atoms with Crippen molar-refractivity contribution in [3.63, 3.8) is 0 Å². The van der Waals surface area contributed by atoms with Gasteiger partial charge in [0.15, 0.2) is 0 Å². The zero-order chi connectivity index (χ0) is 7.28.